The van der Waals surface area contributed by atoms with E-state index in [1.807, 2.05) is 0 Å². The van der Waals surface area contributed by atoms with Gasteiger partial charge < -0.3 is 35.6 Å². The third-order valence-corrected chi connectivity index (χ3v) is 3.58. The predicted molar refractivity (Wildman–Crippen MR) is 77.4 cm³/mol. The van der Waals surface area contributed by atoms with Gasteiger partial charge in [-0.25, -0.2) is 4.79 Å². The number of nitrogens with zero attached hydrogens (tertiary/aromatic N) is 1. The van der Waals surface area contributed by atoms with Crippen LogP contribution in [0.25, 0.3) is 0 Å². The fourth-order valence-corrected chi connectivity index (χ4v) is 2.31. The largest absolute Gasteiger partial charge is 0.478 e. The average molecular weight is 344 g/mol. The number of non-ortho nitro benzene ring substituents is 1. The van der Waals surface area contributed by atoms with Crippen LogP contribution in [0.15, 0.2) is 18.2 Å². The van der Waals surface area contributed by atoms with E-state index in [9.17, 15) is 30.2 Å². The first-order valence-corrected chi connectivity index (χ1v) is 6.84. The maximum absolute atomic E-state index is 11.0. The number of ether oxygens (including phenoxy) is 1. The van der Waals surface area contributed by atoms with Gasteiger partial charge in [0.1, 0.15) is 24.4 Å². The second kappa shape index (κ2) is 7.07. The van der Waals surface area contributed by atoms with Gasteiger partial charge in [-0.2, -0.15) is 0 Å². The van der Waals surface area contributed by atoms with E-state index in [4.69, 9.17) is 14.9 Å². The van der Waals surface area contributed by atoms with Crippen LogP contribution in [0, 0.1) is 10.1 Å². The third-order valence-electron chi connectivity index (χ3n) is 3.58. The average Bonchev–Trinajstić information content (AvgIpc) is 2.55. The number of nitro groups is 1. The molecule has 1 heterocycles. The highest BCUT2D eigenvalue weighted by molar-refractivity contribution is 5.90. The third kappa shape index (κ3) is 3.60. The molecule has 6 N–H and O–H groups in total. The summed E-state index contributed by atoms with van der Waals surface area (Å²) in [5.74, 6) is -1.39. The van der Waals surface area contributed by atoms with Gasteiger partial charge >= 0.3 is 5.97 Å². The quantitative estimate of drug-likeness (QED) is 0.271. The molecule has 11 nitrogen and oxygen atoms in total. The minimum Gasteiger partial charge on any atom is -0.478 e. The number of carbonyl (C=O) groups is 1. The first-order chi connectivity index (χ1) is 11.2. The molecule has 2 rings (SSSR count). The SMILES string of the molecule is O=C(O)c1cc(N[C@@H]2O[C@H](CO)[C@H](O)[C@@H](O)[C@@H]2O)cc([N+](=O)[O-])c1. The van der Waals surface area contributed by atoms with Gasteiger partial charge in [0.05, 0.1) is 17.1 Å². The molecule has 1 fully saturated rings. The molecule has 5 atom stereocenters. The van der Waals surface area contributed by atoms with Crippen molar-refractivity contribution in [1.82, 2.24) is 0 Å². The van der Waals surface area contributed by atoms with Crippen LogP contribution >= 0.6 is 0 Å². The zero-order chi connectivity index (χ0) is 18.0. The topological polar surface area (TPSA) is 183 Å². The first kappa shape index (κ1) is 18.0. The van der Waals surface area contributed by atoms with Crippen molar-refractivity contribution in [2.75, 3.05) is 11.9 Å². The van der Waals surface area contributed by atoms with Crippen molar-refractivity contribution in [3.05, 3.63) is 33.9 Å². The van der Waals surface area contributed by atoms with Gasteiger partial charge in [0, 0.05) is 17.8 Å². The maximum Gasteiger partial charge on any atom is 0.336 e. The summed E-state index contributed by atoms with van der Waals surface area (Å²) >= 11 is 0. The minimum absolute atomic E-state index is 0.0501. The Morgan fingerprint density at radius 1 is 1.21 bits per heavy atom. The first-order valence-electron chi connectivity index (χ1n) is 6.84. The zero-order valence-electron chi connectivity index (χ0n) is 12.1. The van der Waals surface area contributed by atoms with Crippen LogP contribution in [-0.4, -0.2) is 73.7 Å². The van der Waals surface area contributed by atoms with Crippen LogP contribution in [0.3, 0.4) is 0 Å². The molecule has 1 aromatic carbocycles. The standard InChI is InChI=1S/C13H16N2O9/c16-4-8-9(17)10(18)11(19)12(24-8)14-6-1-5(13(20)21)2-7(3-6)15(22)23/h1-3,8-12,14,16-19H,4H2,(H,20,21)/t8-,9+,10-,11+,12-/m1/s1. The summed E-state index contributed by atoms with van der Waals surface area (Å²) in [6.45, 7) is -0.640. The van der Waals surface area contributed by atoms with E-state index in [2.05, 4.69) is 5.32 Å². The van der Waals surface area contributed by atoms with Gasteiger partial charge in [-0.3, -0.25) is 10.1 Å². The number of anilines is 1. The van der Waals surface area contributed by atoms with Crippen molar-refractivity contribution in [2.24, 2.45) is 0 Å². The Kier molecular flexibility index (Phi) is 5.31. The smallest absolute Gasteiger partial charge is 0.336 e. The molecule has 24 heavy (non-hydrogen) atoms. The summed E-state index contributed by atoms with van der Waals surface area (Å²) in [4.78, 5) is 21.1. The van der Waals surface area contributed by atoms with Gasteiger partial charge in [0.15, 0.2) is 6.23 Å². The van der Waals surface area contributed by atoms with E-state index >= 15 is 0 Å². The number of aromatic carboxylic acids is 1. The van der Waals surface area contributed by atoms with Gasteiger partial charge in [0.25, 0.3) is 5.69 Å². The molecule has 0 spiro atoms. The van der Waals surface area contributed by atoms with Crippen LogP contribution in [0.2, 0.25) is 0 Å². The molecule has 1 saturated heterocycles. The molecule has 132 valence electrons. The van der Waals surface area contributed by atoms with E-state index in [-0.39, 0.29) is 11.3 Å². The molecule has 11 heteroatoms. The molecular formula is C13H16N2O9. The summed E-state index contributed by atoms with van der Waals surface area (Å²) in [5.41, 5.74) is -0.913. The van der Waals surface area contributed by atoms with Crippen LogP contribution in [0.4, 0.5) is 11.4 Å². The molecule has 0 unspecified atom stereocenters. The highest BCUT2D eigenvalue weighted by Gasteiger charge is 2.43. The Labute approximate surface area is 134 Å². The Balaban J connectivity index is 2.29. The van der Waals surface area contributed by atoms with E-state index in [0.717, 1.165) is 18.2 Å². The number of carboxylic acids is 1. The molecule has 1 aliphatic rings. The van der Waals surface area contributed by atoms with Crippen molar-refractivity contribution in [2.45, 2.75) is 30.6 Å². The zero-order valence-corrected chi connectivity index (χ0v) is 12.1. The van der Waals surface area contributed by atoms with Gasteiger partial charge in [-0.05, 0) is 6.07 Å². The lowest BCUT2D eigenvalue weighted by Crippen LogP contribution is -2.60. The predicted octanol–water partition coefficient (Wildman–Crippen LogP) is -1.50. The van der Waals surface area contributed by atoms with Crippen LogP contribution in [0.5, 0.6) is 0 Å². The molecule has 0 amide bonds. The fraction of sp³-hybridized carbons (Fsp3) is 0.462. The lowest BCUT2D eigenvalue weighted by molar-refractivity contribution is -0.384. The van der Waals surface area contributed by atoms with Crippen LogP contribution in [0.1, 0.15) is 10.4 Å². The molecule has 0 aromatic heterocycles. The summed E-state index contributed by atoms with van der Waals surface area (Å²) in [5, 5.41) is 60.8. The summed E-state index contributed by atoms with van der Waals surface area (Å²) in [7, 11) is 0. The number of nitrogens with one attached hydrogen (secondary N) is 1. The molecular weight excluding hydrogens is 328 g/mol. The molecule has 0 aliphatic carbocycles. The number of hydrogen-bond donors (Lipinski definition) is 6. The minimum atomic E-state index is -1.63. The van der Waals surface area contributed by atoms with Gasteiger partial charge in [-0.1, -0.05) is 0 Å². The fourth-order valence-electron chi connectivity index (χ4n) is 2.31. The van der Waals surface area contributed by atoms with E-state index < -0.39 is 53.8 Å². The molecule has 0 saturated carbocycles. The summed E-state index contributed by atoms with van der Waals surface area (Å²) in [6, 6.07) is 2.96. The number of nitro benzene ring substituents is 1. The lowest BCUT2D eigenvalue weighted by Gasteiger charge is -2.40. The van der Waals surface area contributed by atoms with Crippen molar-refractivity contribution >= 4 is 17.3 Å². The number of rotatable bonds is 5. The van der Waals surface area contributed by atoms with Crippen LogP contribution in [-0.2, 0) is 4.74 Å². The molecule has 1 aromatic rings. The normalized spacial score (nSPS) is 29.9. The Morgan fingerprint density at radius 3 is 2.42 bits per heavy atom. The van der Waals surface area contributed by atoms with Crippen molar-refractivity contribution in [1.29, 1.82) is 0 Å². The lowest BCUT2D eigenvalue weighted by atomic mass is 9.98. The maximum atomic E-state index is 11.0. The number of aliphatic hydroxyl groups is 4. The second-order valence-corrected chi connectivity index (χ2v) is 5.22. The van der Waals surface area contributed by atoms with Gasteiger partial charge in [-0.15, -0.1) is 0 Å². The van der Waals surface area contributed by atoms with E-state index in [0.29, 0.717) is 0 Å². The van der Waals surface area contributed by atoms with Crippen molar-refractivity contribution in [3.63, 3.8) is 0 Å². The second-order valence-electron chi connectivity index (χ2n) is 5.22. The van der Waals surface area contributed by atoms with E-state index in [1.165, 1.54) is 0 Å². The molecule has 0 bridgehead atoms. The van der Waals surface area contributed by atoms with Crippen molar-refractivity contribution < 1.29 is 40.0 Å². The molecule has 1 aliphatic heterocycles. The highest BCUT2D eigenvalue weighted by Crippen LogP contribution is 2.26. The van der Waals surface area contributed by atoms with E-state index in [1.54, 1.807) is 0 Å². The Bertz CT molecular complexity index is 604. The Hall–Kier alpha value is -2.31. The number of hydrogen-bond acceptors (Lipinski definition) is 9. The number of aliphatic hydroxyl groups excluding tert-OH is 4. The summed E-state index contributed by atoms with van der Waals surface area (Å²) < 4.78 is 5.20. The van der Waals surface area contributed by atoms with Gasteiger partial charge in [0.2, 0.25) is 0 Å². The van der Waals surface area contributed by atoms with Crippen molar-refractivity contribution in [3.8, 4) is 0 Å². The monoisotopic (exact) mass is 344 g/mol. The number of benzene rings is 1. The van der Waals surface area contributed by atoms with Crippen LogP contribution < -0.4 is 5.32 Å². The molecule has 0 radical (unpaired) electrons. The summed E-state index contributed by atoms with van der Waals surface area (Å²) in [6.07, 6.45) is -7.30. The highest BCUT2D eigenvalue weighted by atomic mass is 16.6. The number of carboxylic acid groups (broad SMARTS) is 1. The Morgan fingerprint density at radius 2 is 1.88 bits per heavy atom.